The average Bonchev–Trinajstić information content (AvgIpc) is 2.77. The molecule has 1 amide bonds. The lowest BCUT2D eigenvalue weighted by atomic mass is 9.91. The van der Waals surface area contributed by atoms with Crippen molar-refractivity contribution in [3.05, 3.63) is 53.6 Å². The molecule has 2 heteroatoms. The Bertz CT molecular complexity index is 643. The minimum Gasteiger partial charge on any atom is -0.326 e. The number of carbonyl (C=O) groups is 1. The molecule has 1 heterocycles. The molecule has 1 N–H and O–H groups in total. The zero-order chi connectivity index (χ0) is 13.4. The van der Waals surface area contributed by atoms with Gasteiger partial charge in [0.2, 0.25) is 5.91 Å². The van der Waals surface area contributed by atoms with Crippen LogP contribution in [0.5, 0.6) is 0 Å². The van der Waals surface area contributed by atoms with Crippen molar-refractivity contribution in [1.82, 2.24) is 0 Å². The molecule has 0 radical (unpaired) electrons. The van der Waals surface area contributed by atoms with E-state index >= 15 is 0 Å². The molecular weight excluding hydrogens is 234 g/mol. The topological polar surface area (TPSA) is 29.1 Å². The van der Waals surface area contributed by atoms with Crippen LogP contribution in [0, 0.1) is 0 Å². The Balaban J connectivity index is 2.09. The molecule has 3 rings (SSSR count). The molecule has 1 aliphatic heterocycles. The standard InChI is InChI=1S/C17H17NO/c1-11(2)14-5-3-4-6-15(14)12-7-8-16-13(9-12)10-17(19)18-16/h3-9,11H,10H2,1-2H3,(H,18,19). The summed E-state index contributed by atoms with van der Waals surface area (Å²) in [6.45, 7) is 4.41. The second-order valence-electron chi connectivity index (χ2n) is 5.34. The first-order chi connectivity index (χ1) is 9.15. The maximum absolute atomic E-state index is 11.4. The van der Waals surface area contributed by atoms with Crippen LogP contribution in [0.15, 0.2) is 42.5 Å². The van der Waals surface area contributed by atoms with Gasteiger partial charge in [0.1, 0.15) is 0 Å². The van der Waals surface area contributed by atoms with Crippen LogP contribution < -0.4 is 5.32 Å². The third-order valence-corrected chi connectivity index (χ3v) is 3.62. The highest BCUT2D eigenvalue weighted by molar-refractivity contribution is 5.99. The summed E-state index contributed by atoms with van der Waals surface area (Å²) in [7, 11) is 0. The van der Waals surface area contributed by atoms with Gasteiger partial charge in [0, 0.05) is 5.69 Å². The zero-order valence-corrected chi connectivity index (χ0v) is 11.2. The van der Waals surface area contributed by atoms with Gasteiger partial charge in [-0.05, 0) is 40.3 Å². The number of anilines is 1. The van der Waals surface area contributed by atoms with Crippen LogP contribution in [-0.4, -0.2) is 5.91 Å². The monoisotopic (exact) mass is 251 g/mol. The highest BCUT2D eigenvalue weighted by atomic mass is 16.1. The summed E-state index contributed by atoms with van der Waals surface area (Å²) in [5.41, 5.74) is 5.86. The van der Waals surface area contributed by atoms with Gasteiger partial charge in [0.15, 0.2) is 0 Å². The first-order valence-corrected chi connectivity index (χ1v) is 6.67. The number of fused-ring (bicyclic) bond motifs is 1. The van der Waals surface area contributed by atoms with Crippen LogP contribution in [0.1, 0.15) is 30.9 Å². The maximum Gasteiger partial charge on any atom is 0.228 e. The minimum absolute atomic E-state index is 0.0873. The number of benzene rings is 2. The number of hydrogen-bond acceptors (Lipinski definition) is 1. The Morgan fingerprint density at radius 2 is 1.89 bits per heavy atom. The predicted molar refractivity (Wildman–Crippen MR) is 78.3 cm³/mol. The molecule has 0 spiro atoms. The third-order valence-electron chi connectivity index (χ3n) is 3.62. The molecule has 0 atom stereocenters. The number of nitrogens with one attached hydrogen (secondary N) is 1. The van der Waals surface area contributed by atoms with Gasteiger partial charge < -0.3 is 5.32 Å². The number of rotatable bonds is 2. The van der Waals surface area contributed by atoms with E-state index in [4.69, 9.17) is 0 Å². The van der Waals surface area contributed by atoms with Crippen molar-refractivity contribution in [2.24, 2.45) is 0 Å². The van der Waals surface area contributed by atoms with E-state index in [1.165, 1.54) is 16.7 Å². The molecule has 19 heavy (non-hydrogen) atoms. The van der Waals surface area contributed by atoms with Gasteiger partial charge in [0.25, 0.3) is 0 Å². The van der Waals surface area contributed by atoms with Crippen LogP contribution in [-0.2, 0) is 11.2 Å². The van der Waals surface area contributed by atoms with Crippen LogP contribution in [0.2, 0.25) is 0 Å². The van der Waals surface area contributed by atoms with E-state index in [9.17, 15) is 4.79 Å². The molecule has 0 saturated carbocycles. The maximum atomic E-state index is 11.4. The van der Waals surface area contributed by atoms with Gasteiger partial charge in [-0.3, -0.25) is 4.79 Å². The summed E-state index contributed by atoms with van der Waals surface area (Å²) in [4.78, 5) is 11.4. The van der Waals surface area contributed by atoms with Crippen molar-refractivity contribution in [3.63, 3.8) is 0 Å². The van der Waals surface area contributed by atoms with E-state index in [1.807, 2.05) is 6.07 Å². The largest absolute Gasteiger partial charge is 0.326 e. The molecule has 0 aliphatic carbocycles. The van der Waals surface area contributed by atoms with Crippen molar-refractivity contribution in [1.29, 1.82) is 0 Å². The van der Waals surface area contributed by atoms with E-state index in [-0.39, 0.29) is 5.91 Å². The average molecular weight is 251 g/mol. The number of hydrogen-bond donors (Lipinski definition) is 1. The van der Waals surface area contributed by atoms with Crippen molar-refractivity contribution in [2.45, 2.75) is 26.2 Å². The van der Waals surface area contributed by atoms with Gasteiger partial charge in [-0.25, -0.2) is 0 Å². The molecule has 0 fully saturated rings. The lowest BCUT2D eigenvalue weighted by Crippen LogP contribution is -2.03. The summed E-state index contributed by atoms with van der Waals surface area (Å²) in [6, 6.07) is 14.7. The smallest absolute Gasteiger partial charge is 0.228 e. The molecular formula is C17H17NO. The third kappa shape index (κ3) is 2.14. The molecule has 2 aromatic rings. The quantitative estimate of drug-likeness (QED) is 0.859. The SMILES string of the molecule is CC(C)c1ccccc1-c1ccc2c(c1)CC(=O)N2. The second kappa shape index (κ2) is 4.54. The molecule has 1 aliphatic rings. The summed E-state index contributed by atoms with van der Waals surface area (Å²) in [5.74, 6) is 0.577. The first-order valence-electron chi connectivity index (χ1n) is 6.67. The van der Waals surface area contributed by atoms with Crippen molar-refractivity contribution in [3.8, 4) is 11.1 Å². The molecule has 0 unspecified atom stereocenters. The molecule has 0 bridgehead atoms. The number of carbonyl (C=O) groups excluding carboxylic acids is 1. The van der Waals surface area contributed by atoms with Crippen molar-refractivity contribution < 1.29 is 4.79 Å². The fraction of sp³-hybridized carbons (Fsp3) is 0.235. The molecule has 0 aromatic heterocycles. The summed E-state index contributed by atoms with van der Waals surface area (Å²) in [6.07, 6.45) is 0.493. The van der Waals surface area contributed by atoms with E-state index in [1.54, 1.807) is 0 Å². The van der Waals surface area contributed by atoms with E-state index in [2.05, 4.69) is 55.6 Å². The highest BCUT2D eigenvalue weighted by Gasteiger charge is 2.18. The van der Waals surface area contributed by atoms with E-state index in [0.29, 0.717) is 12.3 Å². The molecule has 0 saturated heterocycles. The Labute approximate surface area is 113 Å². The summed E-state index contributed by atoms with van der Waals surface area (Å²) >= 11 is 0. The minimum atomic E-state index is 0.0873. The van der Waals surface area contributed by atoms with Crippen molar-refractivity contribution in [2.75, 3.05) is 5.32 Å². The number of amides is 1. The molecule has 96 valence electrons. The highest BCUT2D eigenvalue weighted by Crippen LogP contribution is 2.33. The predicted octanol–water partition coefficient (Wildman–Crippen LogP) is 3.97. The van der Waals surface area contributed by atoms with Crippen LogP contribution in [0.4, 0.5) is 5.69 Å². The lowest BCUT2D eigenvalue weighted by molar-refractivity contribution is -0.115. The molecule has 2 aromatic carbocycles. The van der Waals surface area contributed by atoms with Crippen molar-refractivity contribution >= 4 is 11.6 Å². The lowest BCUT2D eigenvalue weighted by Gasteiger charge is -2.13. The zero-order valence-electron chi connectivity index (χ0n) is 11.2. The normalized spacial score (nSPS) is 13.5. The Hall–Kier alpha value is -2.09. The van der Waals surface area contributed by atoms with E-state index < -0.39 is 0 Å². The van der Waals surface area contributed by atoms with Gasteiger partial charge in [-0.15, -0.1) is 0 Å². The Morgan fingerprint density at radius 1 is 1.11 bits per heavy atom. The van der Waals surface area contributed by atoms with Crippen LogP contribution in [0.25, 0.3) is 11.1 Å². The Morgan fingerprint density at radius 3 is 2.68 bits per heavy atom. The fourth-order valence-electron chi connectivity index (χ4n) is 2.66. The van der Waals surface area contributed by atoms with Gasteiger partial charge in [-0.1, -0.05) is 44.2 Å². The molecule has 2 nitrogen and oxygen atoms in total. The van der Waals surface area contributed by atoms with Crippen LogP contribution >= 0.6 is 0 Å². The van der Waals surface area contributed by atoms with E-state index in [0.717, 1.165) is 11.3 Å². The van der Waals surface area contributed by atoms with Gasteiger partial charge in [0.05, 0.1) is 6.42 Å². The van der Waals surface area contributed by atoms with Crippen LogP contribution in [0.3, 0.4) is 0 Å². The Kier molecular flexibility index (Phi) is 2.86. The van der Waals surface area contributed by atoms with Gasteiger partial charge >= 0.3 is 0 Å². The summed E-state index contributed by atoms with van der Waals surface area (Å²) in [5, 5.41) is 2.87. The fourth-order valence-corrected chi connectivity index (χ4v) is 2.66. The first kappa shape index (κ1) is 12.0. The van der Waals surface area contributed by atoms with Gasteiger partial charge in [-0.2, -0.15) is 0 Å². The second-order valence-corrected chi connectivity index (χ2v) is 5.34. The summed E-state index contributed by atoms with van der Waals surface area (Å²) < 4.78 is 0.